The third-order valence-electron chi connectivity index (χ3n) is 5.81. The van der Waals surface area contributed by atoms with Crippen molar-refractivity contribution in [2.24, 2.45) is 0 Å². The van der Waals surface area contributed by atoms with Gasteiger partial charge in [0.15, 0.2) is 0 Å². The SMILES string of the molecule is C[C@@H]1CN(c2ccc(C#N)c(C(F)(F)F)c2)[C@@H](C)CN1C(=O)CCN1CCOCC1.Cl. The molecule has 2 saturated heterocycles. The molecule has 1 aromatic rings. The van der Waals surface area contributed by atoms with E-state index in [-0.39, 0.29) is 36.0 Å². The lowest BCUT2D eigenvalue weighted by Crippen LogP contribution is -2.58. The minimum absolute atomic E-state index is 0. The van der Waals surface area contributed by atoms with Gasteiger partial charge in [-0.15, -0.1) is 12.4 Å². The Bertz CT molecular complexity index is 809. The number of hydrogen-bond acceptors (Lipinski definition) is 5. The number of benzene rings is 1. The molecular formula is C21H28ClF3N4O2. The highest BCUT2D eigenvalue weighted by atomic mass is 35.5. The van der Waals surface area contributed by atoms with E-state index in [1.54, 1.807) is 12.1 Å². The molecule has 1 amide bonds. The number of amides is 1. The van der Waals surface area contributed by atoms with E-state index in [1.165, 1.54) is 6.07 Å². The number of nitriles is 1. The topological polar surface area (TPSA) is 59.8 Å². The van der Waals surface area contributed by atoms with E-state index in [9.17, 15) is 18.0 Å². The standard InChI is InChI=1S/C21H27F3N4O2.ClH/c1-15-14-28(20(29)5-6-26-7-9-30-10-8-26)16(2)13-27(15)18-4-3-17(12-25)19(11-18)21(22,23)24;/h3-4,11,15-16H,5-10,13-14H2,1-2H3;1H/t15-,16+;/m0./s1. The average Bonchev–Trinajstić information content (AvgIpc) is 2.73. The molecule has 2 aliphatic rings. The first-order valence-corrected chi connectivity index (χ1v) is 10.2. The zero-order valence-corrected chi connectivity index (χ0v) is 18.5. The quantitative estimate of drug-likeness (QED) is 0.691. The van der Waals surface area contributed by atoms with Gasteiger partial charge in [0.2, 0.25) is 5.91 Å². The van der Waals surface area contributed by atoms with Crippen molar-refractivity contribution >= 4 is 24.0 Å². The largest absolute Gasteiger partial charge is 0.417 e. The smallest absolute Gasteiger partial charge is 0.379 e. The summed E-state index contributed by atoms with van der Waals surface area (Å²) in [6, 6.07) is 5.16. The number of nitrogens with zero attached hydrogens (tertiary/aromatic N) is 4. The van der Waals surface area contributed by atoms with Crippen LogP contribution in [0, 0.1) is 11.3 Å². The Labute approximate surface area is 186 Å². The van der Waals surface area contributed by atoms with E-state index in [0.29, 0.717) is 45.0 Å². The summed E-state index contributed by atoms with van der Waals surface area (Å²) in [6.07, 6.45) is -4.17. The van der Waals surface area contributed by atoms with Crippen LogP contribution in [0.15, 0.2) is 18.2 Å². The van der Waals surface area contributed by atoms with Crippen molar-refractivity contribution in [2.45, 2.75) is 38.5 Å². The molecule has 2 aliphatic heterocycles. The van der Waals surface area contributed by atoms with Crippen molar-refractivity contribution in [1.82, 2.24) is 9.80 Å². The Hall–Kier alpha value is -2.02. The van der Waals surface area contributed by atoms with Gasteiger partial charge in [-0.3, -0.25) is 9.69 Å². The van der Waals surface area contributed by atoms with Gasteiger partial charge < -0.3 is 14.5 Å². The van der Waals surface area contributed by atoms with Crippen molar-refractivity contribution in [3.8, 4) is 6.07 Å². The zero-order chi connectivity index (χ0) is 21.9. The average molecular weight is 461 g/mol. The fourth-order valence-electron chi connectivity index (χ4n) is 4.10. The Morgan fingerprint density at radius 1 is 1.19 bits per heavy atom. The maximum absolute atomic E-state index is 13.3. The number of ether oxygens (including phenoxy) is 1. The van der Waals surface area contributed by atoms with Crippen molar-refractivity contribution < 1.29 is 22.7 Å². The number of carbonyl (C=O) groups excluding carboxylic acids is 1. The maximum Gasteiger partial charge on any atom is 0.417 e. The molecule has 1 aromatic carbocycles. The predicted octanol–water partition coefficient (Wildman–Crippen LogP) is 3.15. The van der Waals surface area contributed by atoms with E-state index < -0.39 is 11.7 Å². The fraction of sp³-hybridized carbons (Fsp3) is 0.619. The monoisotopic (exact) mass is 460 g/mol. The van der Waals surface area contributed by atoms with Crippen LogP contribution in [0.1, 0.15) is 31.4 Å². The van der Waals surface area contributed by atoms with E-state index in [1.807, 2.05) is 23.6 Å². The molecule has 10 heteroatoms. The summed E-state index contributed by atoms with van der Waals surface area (Å²) >= 11 is 0. The van der Waals surface area contributed by atoms with E-state index >= 15 is 0 Å². The second-order valence-corrected chi connectivity index (χ2v) is 7.94. The second-order valence-electron chi connectivity index (χ2n) is 7.94. The highest BCUT2D eigenvalue weighted by Gasteiger charge is 2.36. The minimum Gasteiger partial charge on any atom is -0.379 e. The molecule has 31 heavy (non-hydrogen) atoms. The number of alkyl halides is 3. The Morgan fingerprint density at radius 2 is 1.87 bits per heavy atom. The molecule has 0 N–H and O–H groups in total. The van der Waals surface area contributed by atoms with Gasteiger partial charge in [0.1, 0.15) is 0 Å². The molecule has 172 valence electrons. The van der Waals surface area contributed by atoms with Gasteiger partial charge >= 0.3 is 6.18 Å². The van der Waals surface area contributed by atoms with E-state index in [4.69, 9.17) is 10.00 Å². The summed E-state index contributed by atoms with van der Waals surface area (Å²) in [7, 11) is 0. The van der Waals surface area contributed by atoms with Crippen LogP contribution in [-0.4, -0.2) is 73.7 Å². The van der Waals surface area contributed by atoms with Crippen molar-refractivity contribution in [3.63, 3.8) is 0 Å². The zero-order valence-electron chi connectivity index (χ0n) is 17.7. The fourth-order valence-corrected chi connectivity index (χ4v) is 4.10. The van der Waals surface area contributed by atoms with Gasteiger partial charge in [-0.2, -0.15) is 18.4 Å². The molecule has 3 rings (SSSR count). The highest BCUT2D eigenvalue weighted by Crippen LogP contribution is 2.35. The summed E-state index contributed by atoms with van der Waals surface area (Å²) in [5.41, 5.74) is -0.892. The highest BCUT2D eigenvalue weighted by molar-refractivity contribution is 5.85. The first-order chi connectivity index (χ1) is 14.2. The van der Waals surface area contributed by atoms with Crippen LogP contribution >= 0.6 is 12.4 Å². The number of anilines is 1. The summed E-state index contributed by atoms with van der Waals surface area (Å²) < 4.78 is 45.3. The Kier molecular flexibility index (Phi) is 8.57. The number of carbonyl (C=O) groups is 1. The predicted molar refractivity (Wildman–Crippen MR) is 113 cm³/mol. The molecule has 2 atom stereocenters. The molecule has 0 unspecified atom stereocenters. The van der Waals surface area contributed by atoms with Crippen LogP contribution in [0.5, 0.6) is 0 Å². The van der Waals surface area contributed by atoms with Crippen LogP contribution in [0.2, 0.25) is 0 Å². The number of hydrogen-bond donors (Lipinski definition) is 0. The van der Waals surface area contributed by atoms with Gasteiger partial charge in [0, 0.05) is 56.9 Å². The van der Waals surface area contributed by atoms with Crippen molar-refractivity contribution in [3.05, 3.63) is 29.3 Å². The number of halogens is 4. The van der Waals surface area contributed by atoms with E-state index in [0.717, 1.165) is 19.2 Å². The third kappa shape index (κ3) is 6.03. The normalized spacial score (nSPS) is 22.6. The van der Waals surface area contributed by atoms with Crippen LogP contribution in [-0.2, 0) is 15.7 Å². The third-order valence-corrected chi connectivity index (χ3v) is 5.81. The Morgan fingerprint density at radius 3 is 2.48 bits per heavy atom. The molecule has 0 bridgehead atoms. The summed E-state index contributed by atoms with van der Waals surface area (Å²) in [6.45, 7) is 8.42. The van der Waals surface area contributed by atoms with Gasteiger partial charge in [0.25, 0.3) is 0 Å². The maximum atomic E-state index is 13.3. The number of rotatable bonds is 4. The van der Waals surface area contributed by atoms with Gasteiger partial charge in [-0.05, 0) is 32.0 Å². The van der Waals surface area contributed by atoms with Gasteiger partial charge in [0.05, 0.1) is 30.4 Å². The molecule has 0 aromatic heterocycles. The molecule has 2 fully saturated rings. The van der Waals surface area contributed by atoms with Gasteiger partial charge in [-0.1, -0.05) is 0 Å². The lowest BCUT2D eigenvalue weighted by molar-refractivity contribution is -0.137. The second kappa shape index (κ2) is 10.5. The van der Waals surface area contributed by atoms with Crippen LogP contribution in [0.25, 0.3) is 0 Å². The molecule has 2 heterocycles. The van der Waals surface area contributed by atoms with Crippen molar-refractivity contribution in [1.29, 1.82) is 5.26 Å². The lowest BCUT2D eigenvalue weighted by Gasteiger charge is -2.45. The van der Waals surface area contributed by atoms with E-state index in [2.05, 4.69) is 4.90 Å². The summed E-state index contributed by atoms with van der Waals surface area (Å²) in [5, 5.41) is 9.00. The summed E-state index contributed by atoms with van der Waals surface area (Å²) in [4.78, 5) is 18.7. The number of piperazine rings is 1. The molecule has 0 radical (unpaired) electrons. The minimum atomic E-state index is -4.59. The van der Waals surface area contributed by atoms with Crippen LogP contribution < -0.4 is 4.90 Å². The summed E-state index contributed by atoms with van der Waals surface area (Å²) in [5.74, 6) is 0.0660. The molecule has 0 spiro atoms. The Balaban J connectivity index is 0.00000341. The molecule has 0 aliphatic carbocycles. The van der Waals surface area contributed by atoms with Crippen LogP contribution in [0.4, 0.5) is 18.9 Å². The molecule has 0 saturated carbocycles. The first kappa shape index (κ1) is 25.2. The van der Waals surface area contributed by atoms with Crippen LogP contribution in [0.3, 0.4) is 0 Å². The van der Waals surface area contributed by atoms with Crippen molar-refractivity contribution in [2.75, 3.05) is 50.8 Å². The first-order valence-electron chi connectivity index (χ1n) is 10.2. The molecular weight excluding hydrogens is 433 g/mol. The van der Waals surface area contributed by atoms with Gasteiger partial charge in [-0.25, -0.2) is 0 Å². The molecule has 6 nitrogen and oxygen atoms in total. The number of morpholine rings is 1. The lowest BCUT2D eigenvalue weighted by atomic mass is 10.0.